The van der Waals surface area contributed by atoms with Gasteiger partial charge in [-0.15, -0.1) is 0 Å². The fourth-order valence-corrected chi connectivity index (χ4v) is 5.54. The van der Waals surface area contributed by atoms with Gasteiger partial charge in [0.1, 0.15) is 5.82 Å². The average Bonchev–Trinajstić information content (AvgIpc) is 2.84. The Labute approximate surface area is 200 Å². The molecule has 0 radical (unpaired) electrons. The van der Waals surface area contributed by atoms with E-state index in [0.717, 1.165) is 0 Å². The first kappa shape index (κ1) is 23.8. The lowest BCUT2D eigenvalue weighted by molar-refractivity contribution is 0.284. The fraction of sp³-hybridized carbons (Fsp3) is 0.231. The van der Waals surface area contributed by atoms with Gasteiger partial charge in [-0.3, -0.25) is 9.36 Å². The molecule has 0 bridgehead atoms. The predicted molar refractivity (Wildman–Crippen MR) is 135 cm³/mol. The first-order valence-electron chi connectivity index (χ1n) is 11.1. The highest BCUT2D eigenvalue weighted by atomic mass is 32.2. The minimum Gasteiger partial charge on any atom is -0.308 e. The van der Waals surface area contributed by atoms with Crippen LogP contribution in [0.2, 0.25) is 0 Å². The SMILES string of the molecule is CC(c1nc2ccccc2c(=O)n1-c1ccccc1)N(CCN(C)C)S(=O)(=O)c1ccccc1. The maximum atomic E-state index is 13.7. The summed E-state index contributed by atoms with van der Waals surface area (Å²) in [5.74, 6) is 0.369. The van der Waals surface area contributed by atoms with Crippen molar-refractivity contribution in [1.82, 2.24) is 18.8 Å². The fourth-order valence-electron chi connectivity index (χ4n) is 3.93. The third-order valence-electron chi connectivity index (χ3n) is 5.74. The molecular formula is C26H28N4O3S. The van der Waals surface area contributed by atoms with Crippen LogP contribution in [-0.4, -0.2) is 54.4 Å². The Balaban J connectivity index is 1.94. The zero-order valence-corrected chi connectivity index (χ0v) is 20.3. The molecular weight excluding hydrogens is 448 g/mol. The van der Waals surface area contributed by atoms with Gasteiger partial charge in [0, 0.05) is 13.1 Å². The Kier molecular flexibility index (Phi) is 6.92. The summed E-state index contributed by atoms with van der Waals surface area (Å²) < 4.78 is 30.4. The molecule has 0 amide bonds. The number of aromatic nitrogens is 2. The summed E-state index contributed by atoms with van der Waals surface area (Å²) in [5, 5.41) is 0.480. The van der Waals surface area contributed by atoms with Gasteiger partial charge in [-0.1, -0.05) is 48.5 Å². The van der Waals surface area contributed by atoms with Crippen LogP contribution in [0.1, 0.15) is 18.8 Å². The number of sulfonamides is 1. The summed E-state index contributed by atoms with van der Waals surface area (Å²) in [7, 11) is -0.0679. The topological polar surface area (TPSA) is 75.5 Å². The lowest BCUT2D eigenvalue weighted by Crippen LogP contribution is -2.40. The molecule has 0 saturated carbocycles. The van der Waals surface area contributed by atoms with Gasteiger partial charge in [0.2, 0.25) is 10.0 Å². The van der Waals surface area contributed by atoms with Crippen molar-refractivity contribution >= 4 is 20.9 Å². The molecule has 8 heteroatoms. The van der Waals surface area contributed by atoms with Crippen LogP contribution in [0, 0.1) is 0 Å². The molecule has 0 aliphatic rings. The zero-order chi connectivity index (χ0) is 24.3. The van der Waals surface area contributed by atoms with Crippen molar-refractivity contribution in [2.45, 2.75) is 17.9 Å². The third kappa shape index (κ3) is 4.65. The Hall–Kier alpha value is -3.33. The number of hydrogen-bond donors (Lipinski definition) is 0. The number of hydrogen-bond acceptors (Lipinski definition) is 5. The Morgan fingerprint density at radius 2 is 1.44 bits per heavy atom. The Morgan fingerprint density at radius 1 is 0.853 bits per heavy atom. The summed E-state index contributed by atoms with van der Waals surface area (Å²) >= 11 is 0. The zero-order valence-electron chi connectivity index (χ0n) is 19.5. The molecule has 4 aromatic rings. The van der Waals surface area contributed by atoms with Crippen LogP contribution in [0.25, 0.3) is 16.6 Å². The van der Waals surface area contributed by atoms with Crippen molar-refractivity contribution in [3.05, 3.63) is 101 Å². The lowest BCUT2D eigenvalue weighted by atomic mass is 10.2. The van der Waals surface area contributed by atoms with E-state index < -0.39 is 16.1 Å². The van der Waals surface area contributed by atoms with Gasteiger partial charge in [-0.2, -0.15) is 4.31 Å². The molecule has 34 heavy (non-hydrogen) atoms. The van der Waals surface area contributed by atoms with Crippen LogP contribution in [0.5, 0.6) is 0 Å². The summed E-state index contributed by atoms with van der Waals surface area (Å²) in [4.78, 5) is 20.6. The standard InChI is InChI=1S/C26H28N4O3S/c1-20(29(19-18-28(2)3)34(32,33)22-14-8-5-9-15-22)25-27-24-17-11-10-16-23(24)26(31)30(25)21-12-6-4-7-13-21/h4-17,20H,18-19H2,1-3H3. The second-order valence-corrected chi connectivity index (χ2v) is 10.3. The molecule has 1 heterocycles. The van der Waals surface area contributed by atoms with Crippen molar-refractivity contribution in [2.24, 2.45) is 0 Å². The predicted octanol–water partition coefficient (Wildman–Crippen LogP) is 3.70. The second kappa shape index (κ2) is 9.89. The quantitative estimate of drug-likeness (QED) is 0.388. The van der Waals surface area contributed by atoms with Crippen molar-refractivity contribution in [3.8, 4) is 5.69 Å². The number of fused-ring (bicyclic) bond motifs is 1. The Bertz CT molecular complexity index is 1440. The summed E-state index contributed by atoms with van der Waals surface area (Å²) in [6.07, 6.45) is 0. The summed E-state index contributed by atoms with van der Waals surface area (Å²) in [6, 6.07) is 24.0. The number of para-hydroxylation sites is 2. The van der Waals surface area contributed by atoms with E-state index in [9.17, 15) is 13.2 Å². The first-order valence-corrected chi connectivity index (χ1v) is 12.5. The minimum atomic E-state index is -3.86. The van der Waals surface area contributed by atoms with Gasteiger partial charge in [-0.25, -0.2) is 13.4 Å². The molecule has 0 spiro atoms. The third-order valence-corrected chi connectivity index (χ3v) is 7.72. The molecule has 0 saturated heterocycles. The van der Waals surface area contributed by atoms with Crippen molar-refractivity contribution < 1.29 is 8.42 Å². The lowest BCUT2D eigenvalue weighted by Gasteiger charge is -2.30. The van der Waals surface area contributed by atoms with Gasteiger partial charge in [0.05, 0.1) is 27.5 Å². The number of likely N-dealkylation sites (N-methyl/N-ethyl adjacent to an activating group) is 1. The average molecular weight is 477 g/mol. The molecule has 3 aromatic carbocycles. The summed E-state index contributed by atoms with van der Waals surface area (Å²) in [6.45, 7) is 2.54. The van der Waals surface area contributed by atoms with Crippen LogP contribution < -0.4 is 5.56 Å². The maximum absolute atomic E-state index is 13.7. The van der Waals surface area contributed by atoms with E-state index >= 15 is 0 Å². The molecule has 4 rings (SSSR count). The molecule has 7 nitrogen and oxygen atoms in total. The van der Waals surface area contributed by atoms with Crippen LogP contribution >= 0.6 is 0 Å². The van der Waals surface area contributed by atoms with Crippen LogP contribution in [-0.2, 0) is 10.0 Å². The van der Waals surface area contributed by atoms with E-state index in [1.165, 1.54) is 8.87 Å². The van der Waals surface area contributed by atoms with Gasteiger partial charge in [-0.05, 0) is 57.4 Å². The number of nitrogens with zero attached hydrogens (tertiary/aromatic N) is 4. The molecule has 1 aromatic heterocycles. The first-order chi connectivity index (χ1) is 16.3. The highest BCUT2D eigenvalue weighted by Gasteiger charge is 2.33. The van der Waals surface area contributed by atoms with E-state index in [2.05, 4.69) is 0 Å². The van der Waals surface area contributed by atoms with E-state index in [1.807, 2.05) is 55.4 Å². The molecule has 1 atom stereocenters. The normalized spacial score (nSPS) is 13.0. The maximum Gasteiger partial charge on any atom is 0.266 e. The molecule has 1 unspecified atom stereocenters. The van der Waals surface area contributed by atoms with Crippen molar-refractivity contribution in [1.29, 1.82) is 0 Å². The highest BCUT2D eigenvalue weighted by Crippen LogP contribution is 2.28. The summed E-state index contributed by atoms with van der Waals surface area (Å²) in [5.41, 5.74) is 0.937. The minimum absolute atomic E-state index is 0.204. The second-order valence-electron chi connectivity index (χ2n) is 8.37. The van der Waals surface area contributed by atoms with Crippen LogP contribution in [0.15, 0.2) is 94.6 Å². The molecule has 0 N–H and O–H groups in total. The van der Waals surface area contributed by atoms with Crippen molar-refractivity contribution in [3.63, 3.8) is 0 Å². The van der Waals surface area contributed by atoms with E-state index in [0.29, 0.717) is 29.0 Å². The number of benzene rings is 3. The molecule has 0 aliphatic carbocycles. The smallest absolute Gasteiger partial charge is 0.266 e. The highest BCUT2D eigenvalue weighted by molar-refractivity contribution is 7.89. The largest absolute Gasteiger partial charge is 0.308 e. The van der Waals surface area contributed by atoms with E-state index in [-0.39, 0.29) is 17.0 Å². The van der Waals surface area contributed by atoms with E-state index in [4.69, 9.17) is 4.98 Å². The van der Waals surface area contributed by atoms with Gasteiger partial charge >= 0.3 is 0 Å². The monoisotopic (exact) mass is 476 g/mol. The molecule has 0 aliphatic heterocycles. The van der Waals surface area contributed by atoms with Gasteiger partial charge in [0.25, 0.3) is 5.56 Å². The van der Waals surface area contributed by atoms with Crippen molar-refractivity contribution in [2.75, 3.05) is 27.2 Å². The Morgan fingerprint density at radius 3 is 2.09 bits per heavy atom. The van der Waals surface area contributed by atoms with Crippen LogP contribution in [0.4, 0.5) is 0 Å². The molecule has 176 valence electrons. The van der Waals surface area contributed by atoms with Gasteiger partial charge in [0.15, 0.2) is 0 Å². The molecule has 0 fully saturated rings. The van der Waals surface area contributed by atoms with Crippen LogP contribution in [0.3, 0.4) is 0 Å². The number of rotatable bonds is 8. The van der Waals surface area contributed by atoms with E-state index in [1.54, 1.807) is 55.5 Å². The van der Waals surface area contributed by atoms with Gasteiger partial charge < -0.3 is 4.90 Å².